The Morgan fingerprint density at radius 2 is 2.21 bits per heavy atom. The maximum atomic E-state index is 6.06. The third kappa shape index (κ3) is 4.96. The molecular formula is C24H34N4S. The van der Waals surface area contributed by atoms with Crippen LogP contribution in [0, 0.1) is 5.41 Å². The molecule has 3 rings (SSSR count). The molecule has 4 nitrogen and oxygen atoms in total. The zero-order chi connectivity index (χ0) is 20.9. The van der Waals surface area contributed by atoms with Crippen molar-refractivity contribution in [1.82, 2.24) is 9.62 Å². The van der Waals surface area contributed by atoms with Gasteiger partial charge in [-0.05, 0) is 74.9 Å². The van der Waals surface area contributed by atoms with Gasteiger partial charge in [-0.1, -0.05) is 30.2 Å². The van der Waals surface area contributed by atoms with E-state index >= 15 is 0 Å². The Morgan fingerprint density at radius 3 is 2.83 bits per heavy atom. The summed E-state index contributed by atoms with van der Waals surface area (Å²) in [5.74, 6) is 0. The average Bonchev–Trinajstić information content (AvgIpc) is 2.74. The van der Waals surface area contributed by atoms with Gasteiger partial charge in [0.2, 0.25) is 0 Å². The molecule has 1 fully saturated rings. The number of hydrogen-bond acceptors (Lipinski definition) is 5. The predicted octanol–water partition coefficient (Wildman–Crippen LogP) is 5.22. The van der Waals surface area contributed by atoms with Gasteiger partial charge in [-0.2, -0.15) is 0 Å². The third-order valence-corrected chi connectivity index (χ3v) is 7.18. The standard InChI is InChI=1S/C24H34N4S/c1-5-22(16-26-4)29-28-12-11-20-13-23(27-21-9-7-18(3)8-10-21)19(15-25)14-24(20,6-2)17-28/h6-7,9,13,15-16,26H,2,5,8,10-12,14,17,25H2,1,3-4H3/b19-15?,22-16+,27-23?. The molecule has 3 aliphatic rings. The SMILES string of the molecule is C=CC12CC(=CN)C(=NC3=CC=C(C)CC3)C=C1CCN(S/C(=C/NC)CC)C2. The first-order valence-electron chi connectivity index (χ1n) is 10.5. The minimum absolute atomic E-state index is 0.0641. The Hall–Kier alpha value is -1.98. The van der Waals surface area contributed by atoms with Crippen LogP contribution in [0.1, 0.15) is 46.0 Å². The van der Waals surface area contributed by atoms with Crippen LogP contribution in [-0.2, 0) is 0 Å². The van der Waals surface area contributed by atoms with Crippen molar-refractivity contribution in [3.05, 3.63) is 70.6 Å². The van der Waals surface area contributed by atoms with Gasteiger partial charge in [-0.3, -0.25) is 4.99 Å². The van der Waals surface area contributed by atoms with Crippen molar-refractivity contribution in [2.24, 2.45) is 16.1 Å². The fraction of sp³-hybridized carbons (Fsp3) is 0.458. The van der Waals surface area contributed by atoms with Gasteiger partial charge in [0, 0.05) is 42.4 Å². The van der Waals surface area contributed by atoms with E-state index in [1.54, 1.807) is 6.20 Å². The van der Waals surface area contributed by atoms with Gasteiger partial charge in [0.15, 0.2) is 0 Å². The summed E-state index contributed by atoms with van der Waals surface area (Å²) in [7, 11) is 1.96. The Labute approximate surface area is 180 Å². The highest BCUT2D eigenvalue weighted by Gasteiger charge is 2.41. The van der Waals surface area contributed by atoms with E-state index in [4.69, 9.17) is 10.7 Å². The van der Waals surface area contributed by atoms with Crippen molar-refractivity contribution in [2.75, 3.05) is 20.1 Å². The second kappa shape index (κ2) is 9.68. The fourth-order valence-corrected chi connectivity index (χ4v) is 5.26. The van der Waals surface area contributed by atoms with Gasteiger partial charge in [0.1, 0.15) is 0 Å². The Kier molecular flexibility index (Phi) is 7.25. The molecule has 1 unspecified atom stereocenters. The number of hydrogen-bond donors (Lipinski definition) is 2. The number of rotatable bonds is 6. The van der Waals surface area contributed by atoms with E-state index in [2.05, 4.69) is 60.6 Å². The van der Waals surface area contributed by atoms with E-state index in [0.29, 0.717) is 0 Å². The van der Waals surface area contributed by atoms with Crippen LogP contribution in [0.5, 0.6) is 0 Å². The molecule has 0 spiro atoms. The molecule has 1 saturated heterocycles. The zero-order valence-electron chi connectivity index (χ0n) is 18.0. The van der Waals surface area contributed by atoms with Gasteiger partial charge in [0.05, 0.1) is 5.71 Å². The summed E-state index contributed by atoms with van der Waals surface area (Å²) in [4.78, 5) is 6.33. The van der Waals surface area contributed by atoms with Gasteiger partial charge in [-0.15, -0.1) is 6.58 Å². The lowest BCUT2D eigenvalue weighted by atomic mass is 9.67. The maximum absolute atomic E-state index is 6.06. The van der Waals surface area contributed by atoms with Crippen LogP contribution in [0.3, 0.4) is 0 Å². The number of aliphatic imine (C=N–C) groups is 1. The third-order valence-electron chi connectivity index (χ3n) is 5.97. The fourth-order valence-electron chi connectivity index (χ4n) is 4.15. The molecule has 0 aromatic heterocycles. The highest BCUT2D eigenvalue weighted by molar-refractivity contribution is 8.00. The van der Waals surface area contributed by atoms with Crippen molar-refractivity contribution in [3.8, 4) is 0 Å². The monoisotopic (exact) mass is 410 g/mol. The normalized spacial score (nSPS) is 28.5. The summed E-state index contributed by atoms with van der Waals surface area (Å²) in [6.07, 6.45) is 17.6. The number of nitrogens with zero attached hydrogens (tertiary/aromatic N) is 2. The summed E-state index contributed by atoms with van der Waals surface area (Å²) < 4.78 is 2.47. The van der Waals surface area contributed by atoms with E-state index in [1.165, 1.54) is 16.1 Å². The van der Waals surface area contributed by atoms with Crippen LogP contribution in [-0.4, -0.2) is 30.2 Å². The van der Waals surface area contributed by atoms with Gasteiger partial charge < -0.3 is 11.1 Å². The lowest BCUT2D eigenvalue weighted by molar-refractivity contribution is 0.279. The van der Waals surface area contributed by atoms with Gasteiger partial charge in [-0.25, -0.2) is 4.31 Å². The number of nitrogens with two attached hydrogens (primary N) is 1. The highest BCUT2D eigenvalue weighted by Crippen LogP contribution is 2.47. The summed E-state index contributed by atoms with van der Waals surface area (Å²) in [5, 5.41) is 3.16. The molecule has 29 heavy (non-hydrogen) atoms. The van der Waals surface area contributed by atoms with Gasteiger partial charge in [0.25, 0.3) is 0 Å². The molecular weight excluding hydrogens is 376 g/mol. The molecule has 0 radical (unpaired) electrons. The molecule has 5 heteroatoms. The summed E-state index contributed by atoms with van der Waals surface area (Å²) in [6, 6.07) is 0. The van der Waals surface area contributed by atoms with Crippen molar-refractivity contribution >= 4 is 17.7 Å². The van der Waals surface area contributed by atoms with E-state index in [1.807, 2.05) is 19.0 Å². The smallest absolute Gasteiger partial charge is 0.0679 e. The van der Waals surface area contributed by atoms with Crippen LogP contribution in [0.25, 0.3) is 0 Å². The molecule has 1 aliphatic heterocycles. The molecule has 0 aromatic carbocycles. The molecule has 3 N–H and O–H groups in total. The molecule has 1 heterocycles. The van der Waals surface area contributed by atoms with E-state index in [0.717, 1.165) is 62.2 Å². The number of piperidine rings is 1. The molecule has 2 aliphatic carbocycles. The molecule has 0 amide bonds. The lowest BCUT2D eigenvalue weighted by Crippen LogP contribution is -2.43. The number of fused-ring (bicyclic) bond motifs is 1. The Bertz CT molecular complexity index is 828. The predicted molar refractivity (Wildman–Crippen MR) is 127 cm³/mol. The second-order valence-electron chi connectivity index (χ2n) is 8.02. The van der Waals surface area contributed by atoms with Crippen molar-refractivity contribution in [2.45, 2.75) is 46.0 Å². The second-order valence-corrected chi connectivity index (χ2v) is 9.25. The average molecular weight is 411 g/mol. The molecule has 0 bridgehead atoms. The van der Waals surface area contributed by atoms with E-state index < -0.39 is 0 Å². The van der Waals surface area contributed by atoms with Crippen molar-refractivity contribution in [1.29, 1.82) is 0 Å². The van der Waals surface area contributed by atoms with Crippen LogP contribution < -0.4 is 11.1 Å². The van der Waals surface area contributed by atoms with Gasteiger partial charge >= 0.3 is 0 Å². The van der Waals surface area contributed by atoms with Crippen molar-refractivity contribution in [3.63, 3.8) is 0 Å². The molecule has 0 saturated carbocycles. The minimum Gasteiger partial charge on any atom is -0.404 e. The first-order valence-corrected chi connectivity index (χ1v) is 11.3. The topological polar surface area (TPSA) is 53.6 Å². The van der Waals surface area contributed by atoms with E-state index in [9.17, 15) is 0 Å². The number of nitrogens with one attached hydrogen (secondary N) is 1. The minimum atomic E-state index is -0.0641. The highest BCUT2D eigenvalue weighted by atomic mass is 32.2. The lowest BCUT2D eigenvalue weighted by Gasteiger charge is -2.45. The van der Waals surface area contributed by atoms with Crippen LogP contribution in [0.2, 0.25) is 0 Å². The Balaban J connectivity index is 1.87. The van der Waals surface area contributed by atoms with Crippen LogP contribution in [0.4, 0.5) is 0 Å². The Morgan fingerprint density at radius 1 is 1.38 bits per heavy atom. The van der Waals surface area contributed by atoms with Crippen molar-refractivity contribution < 1.29 is 0 Å². The summed E-state index contributed by atoms with van der Waals surface area (Å²) >= 11 is 1.86. The largest absolute Gasteiger partial charge is 0.404 e. The zero-order valence-corrected chi connectivity index (χ0v) is 18.8. The first-order chi connectivity index (χ1) is 14.0. The molecule has 156 valence electrons. The quantitative estimate of drug-likeness (QED) is 0.465. The van der Waals surface area contributed by atoms with E-state index in [-0.39, 0.29) is 5.41 Å². The number of allylic oxidation sites excluding steroid dienone is 7. The molecule has 0 aromatic rings. The maximum Gasteiger partial charge on any atom is 0.0679 e. The first kappa shape index (κ1) is 21.7. The van der Waals surface area contributed by atoms with Crippen LogP contribution in [0.15, 0.2) is 75.6 Å². The molecule has 1 atom stereocenters. The summed E-state index contributed by atoms with van der Waals surface area (Å²) in [6.45, 7) is 10.6. The summed E-state index contributed by atoms with van der Waals surface area (Å²) in [5.41, 5.74) is 12.1. The van der Waals surface area contributed by atoms with Crippen LogP contribution >= 0.6 is 11.9 Å².